The van der Waals surface area contributed by atoms with Crippen molar-refractivity contribution in [2.45, 2.75) is 6.92 Å². The van der Waals surface area contributed by atoms with Crippen LogP contribution in [0.1, 0.15) is 18.2 Å². The summed E-state index contributed by atoms with van der Waals surface area (Å²) in [6.45, 7) is 9.94. The molecule has 2 aromatic rings. The first-order chi connectivity index (χ1) is 14.1. The van der Waals surface area contributed by atoms with Crippen LogP contribution in [0.25, 0.3) is 11.6 Å². The van der Waals surface area contributed by atoms with E-state index in [1.165, 1.54) is 0 Å². The molecular weight excluding hydrogens is 358 g/mol. The summed E-state index contributed by atoms with van der Waals surface area (Å²) >= 11 is 0. The van der Waals surface area contributed by atoms with Gasteiger partial charge in [0, 0.05) is 23.6 Å². The van der Waals surface area contributed by atoms with E-state index in [9.17, 15) is 0 Å². The summed E-state index contributed by atoms with van der Waals surface area (Å²) in [7, 11) is 0. The molecule has 3 N–H and O–H groups in total. The number of aromatic nitrogens is 2. The fourth-order valence-corrected chi connectivity index (χ4v) is 2.86. The molecule has 0 unspecified atom stereocenters. The Morgan fingerprint density at radius 3 is 2.72 bits per heavy atom. The van der Waals surface area contributed by atoms with Gasteiger partial charge in [0.2, 0.25) is 0 Å². The smallest absolute Gasteiger partial charge is 0.251 e. The molecule has 5 heteroatoms. The van der Waals surface area contributed by atoms with Crippen LogP contribution in [0.4, 0.5) is 11.6 Å². The number of hydrogen-bond acceptors (Lipinski definition) is 4. The van der Waals surface area contributed by atoms with Gasteiger partial charge in [0.25, 0.3) is 5.95 Å². The van der Waals surface area contributed by atoms with Crippen LogP contribution in [0.2, 0.25) is 0 Å². The maximum Gasteiger partial charge on any atom is 0.251 e. The molecule has 3 rings (SSSR count). The van der Waals surface area contributed by atoms with E-state index >= 15 is 0 Å². The van der Waals surface area contributed by atoms with Crippen molar-refractivity contribution in [2.75, 3.05) is 5.32 Å². The highest BCUT2D eigenvalue weighted by Crippen LogP contribution is 2.37. The monoisotopic (exact) mass is 381 g/mol. The largest absolute Gasteiger partial charge is 0.384 e. The number of anilines is 1. The number of amidine groups is 1. The minimum Gasteiger partial charge on any atom is -0.384 e. The molecule has 0 atom stereocenters. The number of nitrogens with one attached hydrogen (secondary N) is 1. The number of nitrogens with zero attached hydrogens (tertiary/aromatic N) is 3. The van der Waals surface area contributed by atoms with E-state index in [0.29, 0.717) is 11.8 Å². The zero-order valence-corrected chi connectivity index (χ0v) is 16.3. The van der Waals surface area contributed by atoms with E-state index in [2.05, 4.69) is 33.4 Å². The van der Waals surface area contributed by atoms with Gasteiger partial charge in [0.1, 0.15) is 5.84 Å². The second-order valence-electron chi connectivity index (χ2n) is 6.24. The van der Waals surface area contributed by atoms with Crippen LogP contribution >= 0.6 is 0 Å². The first-order valence-electron chi connectivity index (χ1n) is 9.19. The molecule has 1 aliphatic rings. The van der Waals surface area contributed by atoms with Crippen LogP contribution < -0.4 is 11.1 Å². The number of rotatable bonds is 7. The first kappa shape index (κ1) is 19.8. The van der Waals surface area contributed by atoms with Crippen molar-refractivity contribution in [1.29, 1.82) is 0 Å². The summed E-state index contributed by atoms with van der Waals surface area (Å²) < 4.78 is 0. The van der Waals surface area contributed by atoms with Crippen LogP contribution in [0.5, 0.6) is 0 Å². The van der Waals surface area contributed by atoms with Gasteiger partial charge < -0.3 is 11.1 Å². The van der Waals surface area contributed by atoms with E-state index in [-0.39, 0.29) is 0 Å². The molecule has 0 fully saturated rings. The molecule has 5 nitrogen and oxygen atoms in total. The van der Waals surface area contributed by atoms with Crippen molar-refractivity contribution < 1.29 is 0 Å². The third kappa shape index (κ3) is 4.84. The van der Waals surface area contributed by atoms with Crippen LogP contribution in [-0.2, 0) is 0 Å². The summed E-state index contributed by atoms with van der Waals surface area (Å²) in [5.74, 6) is 0.603. The third-order valence-corrected chi connectivity index (χ3v) is 4.20. The summed E-state index contributed by atoms with van der Waals surface area (Å²) in [5, 5.41) is 3.13. The molecule has 1 aromatic heterocycles. The first-order valence-corrected chi connectivity index (χ1v) is 9.19. The molecule has 0 aliphatic heterocycles. The van der Waals surface area contributed by atoms with Gasteiger partial charge in [-0.3, -0.25) is 0 Å². The Morgan fingerprint density at radius 2 is 2.00 bits per heavy atom. The van der Waals surface area contributed by atoms with Crippen molar-refractivity contribution in [2.24, 2.45) is 10.7 Å². The molecular formula is C24H23N5. The Balaban J connectivity index is 1.79. The molecule has 0 amide bonds. The number of benzene rings is 1. The van der Waals surface area contributed by atoms with Crippen LogP contribution in [0.3, 0.4) is 0 Å². The lowest BCUT2D eigenvalue weighted by Gasteiger charge is -2.05. The Bertz CT molecular complexity index is 1070. The molecule has 1 aromatic carbocycles. The Morgan fingerprint density at radius 1 is 1.21 bits per heavy atom. The lowest BCUT2D eigenvalue weighted by atomic mass is 9.99. The Hall–Kier alpha value is -3.99. The van der Waals surface area contributed by atoms with Gasteiger partial charge in [-0.2, -0.15) is 4.99 Å². The molecule has 1 aliphatic carbocycles. The summed E-state index contributed by atoms with van der Waals surface area (Å²) in [5.41, 5.74) is 11.5. The zero-order chi connectivity index (χ0) is 20.6. The topological polar surface area (TPSA) is 76.2 Å². The van der Waals surface area contributed by atoms with E-state index < -0.39 is 0 Å². The van der Waals surface area contributed by atoms with E-state index in [1.54, 1.807) is 24.5 Å². The normalized spacial score (nSPS) is 14.4. The van der Waals surface area contributed by atoms with Crippen LogP contribution in [0.15, 0.2) is 102 Å². The number of hydrogen-bond donors (Lipinski definition) is 2. The average Bonchev–Trinajstić information content (AvgIpc) is 3.04. The fraction of sp³-hybridized carbons (Fsp3) is 0.0417. The van der Waals surface area contributed by atoms with Crippen molar-refractivity contribution >= 4 is 29.1 Å². The number of nitrogens with two attached hydrogens (primary N) is 1. The number of aliphatic imine (C=N–C) groups is 1. The molecule has 0 bridgehead atoms. The highest BCUT2D eigenvalue weighted by molar-refractivity contribution is 5.97. The molecule has 0 saturated carbocycles. The standard InChI is InChI=1S/C24H23N5/c1-4-9-18(10-5-2)20-15-22-21(17(20)3)16-27-24(28-22)29-23(25)13-14-26-19-11-7-6-8-12-19/h4-16,26H,1,3H2,2H3,(H2,25,27,28,29)/b10-5-,14-13-,18-9+. The van der Waals surface area contributed by atoms with Crippen LogP contribution in [0, 0.1) is 0 Å². The quantitative estimate of drug-likeness (QED) is 0.393. The van der Waals surface area contributed by atoms with E-state index in [1.807, 2.05) is 61.6 Å². The second kappa shape index (κ2) is 9.28. The van der Waals surface area contributed by atoms with E-state index in [0.717, 1.165) is 33.7 Å². The predicted octanol–water partition coefficient (Wildman–Crippen LogP) is 5.19. The van der Waals surface area contributed by atoms with E-state index in [4.69, 9.17) is 5.73 Å². The highest BCUT2D eigenvalue weighted by Gasteiger charge is 2.20. The summed E-state index contributed by atoms with van der Waals surface area (Å²) in [4.78, 5) is 13.1. The third-order valence-electron chi connectivity index (χ3n) is 4.20. The summed E-state index contributed by atoms with van der Waals surface area (Å²) in [6.07, 6.45) is 14.8. The molecule has 0 saturated heterocycles. The second-order valence-corrected chi connectivity index (χ2v) is 6.24. The molecule has 0 radical (unpaired) electrons. The van der Waals surface area contributed by atoms with Gasteiger partial charge >= 0.3 is 0 Å². The number of para-hydroxylation sites is 1. The van der Waals surface area contributed by atoms with Gasteiger partial charge in [-0.1, -0.05) is 55.7 Å². The van der Waals surface area contributed by atoms with Crippen molar-refractivity contribution in [3.8, 4) is 0 Å². The molecule has 29 heavy (non-hydrogen) atoms. The maximum atomic E-state index is 5.98. The lowest BCUT2D eigenvalue weighted by molar-refractivity contribution is 1.11. The molecule has 0 spiro atoms. The lowest BCUT2D eigenvalue weighted by Crippen LogP contribution is -2.08. The van der Waals surface area contributed by atoms with Crippen LogP contribution in [-0.4, -0.2) is 15.8 Å². The Labute approximate surface area is 171 Å². The SMILES string of the molecule is C=C/C=C(\C=C/C)C1=Cc2nc(/N=C(N)\C=C/Nc3ccccc3)ncc2C1=C. The molecule has 1 heterocycles. The minimum atomic E-state index is 0.301. The van der Waals surface area contributed by atoms with Gasteiger partial charge in [0.05, 0.1) is 5.69 Å². The zero-order valence-electron chi connectivity index (χ0n) is 16.3. The average molecular weight is 381 g/mol. The van der Waals surface area contributed by atoms with Crippen molar-refractivity contribution in [3.05, 3.63) is 109 Å². The number of allylic oxidation sites excluding steroid dienone is 7. The van der Waals surface area contributed by atoms with Gasteiger partial charge in [-0.05, 0) is 47.9 Å². The van der Waals surface area contributed by atoms with Gasteiger partial charge in [-0.15, -0.1) is 0 Å². The Kier molecular flexibility index (Phi) is 6.32. The highest BCUT2D eigenvalue weighted by atomic mass is 15.1. The molecule has 144 valence electrons. The van der Waals surface area contributed by atoms with Gasteiger partial charge in [-0.25, -0.2) is 9.97 Å². The van der Waals surface area contributed by atoms with Crippen molar-refractivity contribution in [3.63, 3.8) is 0 Å². The summed E-state index contributed by atoms with van der Waals surface area (Å²) in [6, 6.07) is 9.78. The number of fused-ring (bicyclic) bond motifs is 1. The van der Waals surface area contributed by atoms with Crippen molar-refractivity contribution in [1.82, 2.24) is 9.97 Å². The maximum absolute atomic E-state index is 5.98. The van der Waals surface area contributed by atoms with Gasteiger partial charge in [0.15, 0.2) is 0 Å². The predicted molar refractivity (Wildman–Crippen MR) is 123 cm³/mol. The minimum absolute atomic E-state index is 0.301. The fourth-order valence-electron chi connectivity index (χ4n) is 2.86.